The topological polar surface area (TPSA) is 106 Å². The number of carbonyl (C=O) groups excluding carboxylic acids is 2. The molecule has 0 spiro atoms. The van der Waals surface area contributed by atoms with E-state index < -0.39 is 6.09 Å². The third kappa shape index (κ3) is 6.70. The zero-order valence-corrected chi connectivity index (χ0v) is 20.7. The van der Waals surface area contributed by atoms with Crippen molar-refractivity contribution in [3.05, 3.63) is 84.2 Å². The lowest BCUT2D eigenvalue weighted by Gasteiger charge is -2.29. The fraction of sp³-hybridized carbons (Fsp3) is 0.345. The van der Waals surface area contributed by atoms with Crippen molar-refractivity contribution in [1.29, 1.82) is 0 Å². The minimum absolute atomic E-state index is 0.0251. The van der Waals surface area contributed by atoms with Crippen molar-refractivity contribution in [2.24, 2.45) is 17.6 Å². The molecule has 2 amide bonds. The number of hydrogen-bond acceptors (Lipinski definition) is 5. The van der Waals surface area contributed by atoms with E-state index in [2.05, 4.69) is 38.6 Å². The van der Waals surface area contributed by atoms with Crippen molar-refractivity contribution in [3.8, 4) is 11.1 Å². The standard InChI is InChI=1S/C29H34N4O3/c1-36-29(35)32-26-13-11-22(12-14-26)24-16-25(19-31-18-24)27(15-20-5-3-2-4-6-20)33-28(34)23-9-7-21(17-30)8-10-23/h2-6,11-14,16,18-19,21,23,27H,7-10,15,17,30H2,1H3,(H,32,35)(H,33,34)/t21?,23?,27-/m0/s1. The summed E-state index contributed by atoms with van der Waals surface area (Å²) in [6.45, 7) is 0.698. The summed E-state index contributed by atoms with van der Waals surface area (Å²) in [6.07, 6.45) is 7.59. The number of anilines is 1. The third-order valence-corrected chi connectivity index (χ3v) is 6.96. The summed E-state index contributed by atoms with van der Waals surface area (Å²) in [4.78, 5) is 29.2. The van der Waals surface area contributed by atoms with Gasteiger partial charge in [0, 0.05) is 29.6 Å². The Bertz CT molecular complexity index is 1140. The van der Waals surface area contributed by atoms with E-state index in [4.69, 9.17) is 5.73 Å². The highest BCUT2D eigenvalue weighted by molar-refractivity contribution is 5.85. The fourth-order valence-corrected chi connectivity index (χ4v) is 4.77. The largest absolute Gasteiger partial charge is 0.453 e. The van der Waals surface area contributed by atoms with Gasteiger partial charge in [0.05, 0.1) is 13.2 Å². The van der Waals surface area contributed by atoms with Crippen molar-refractivity contribution in [1.82, 2.24) is 10.3 Å². The van der Waals surface area contributed by atoms with E-state index in [1.165, 1.54) is 7.11 Å². The minimum Gasteiger partial charge on any atom is -0.453 e. The molecule has 0 radical (unpaired) electrons. The highest BCUT2D eigenvalue weighted by atomic mass is 16.5. The first-order valence-electron chi connectivity index (χ1n) is 12.5. The second-order valence-electron chi connectivity index (χ2n) is 9.41. The molecule has 188 valence electrons. The van der Waals surface area contributed by atoms with Crippen molar-refractivity contribution in [2.45, 2.75) is 38.1 Å². The molecule has 0 bridgehead atoms. The maximum Gasteiger partial charge on any atom is 0.411 e. The normalized spacial score (nSPS) is 18.2. The van der Waals surface area contributed by atoms with Gasteiger partial charge in [-0.25, -0.2) is 4.79 Å². The Labute approximate surface area is 212 Å². The van der Waals surface area contributed by atoms with Gasteiger partial charge in [-0.05, 0) is 79.5 Å². The first-order valence-corrected chi connectivity index (χ1v) is 12.5. The van der Waals surface area contributed by atoms with Crippen LogP contribution in [0.4, 0.5) is 10.5 Å². The van der Waals surface area contributed by atoms with E-state index in [9.17, 15) is 9.59 Å². The smallest absolute Gasteiger partial charge is 0.411 e. The predicted octanol–water partition coefficient (Wildman–Crippen LogP) is 5.09. The number of amides is 2. The van der Waals surface area contributed by atoms with E-state index >= 15 is 0 Å². The van der Waals surface area contributed by atoms with E-state index in [1.54, 1.807) is 0 Å². The van der Waals surface area contributed by atoms with Crippen LogP contribution in [-0.2, 0) is 16.0 Å². The van der Waals surface area contributed by atoms with Crippen LogP contribution in [0.2, 0.25) is 0 Å². The lowest BCUT2D eigenvalue weighted by molar-refractivity contribution is -0.127. The molecule has 4 rings (SSSR count). The van der Waals surface area contributed by atoms with E-state index in [0.717, 1.165) is 47.9 Å². The van der Waals surface area contributed by atoms with Gasteiger partial charge in [-0.3, -0.25) is 15.1 Å². The molecule has 36 heavy (non-hydrogen) atoms. The number of ether oxygens (including phenoxy) is 1. The van der Waals surface area contributed by atoms with Crippen LogP contribution in [0.3, 0.4) is 0 Å². The predicted molar refractivity (Wildman–Crippen MR) is 141 cm³/mol. The van der Waals surface area contributed by atoms with Crippen LogP contribution in [0.15, 0.2) is 73.1 Å². The number of nitrogens with one attached hydrogen (secondary N) is 2. The van der Waals surface area contributed by atoms with E-state index in [0.29, 0.717) is 24.6 Å². The maximum atomic E-state index is 13.3. The van der Waals surface area contributed by atoms with Crippen molar-refractivity contribution in [3.63, 3.8) is 0 Å². The van der Waals surface area contributed by atoms with Crippen molar-refractivity contribution >= 4 is 17.7 Å². The third-order valence-electron chi connectivity index (χ3n) is 6.96. The van der Waals surface area contributed by atoms with Crippen molar-refractivity contribution < 1.29 is 14.3 Å². The quantitative estimate of drug-likeness (QED) is 0.411. The summed E-state index contributed by atoms with van der Waals surface area (Å²) >= 11 is 0. The number of rotatable bonds is 8. The van der Waals surface area contributed by atoms with Gasteiger partial charge in [-0.15, -0.1) is 0 Å². The number of hydrogen-bond donors (Lipinski definition) is 3. The summed E-state index contributed by atoms with van der Waals surface area (Å²) in [7, 11) is 1.33. The van der Waals surface area contributed by atoms with Gasteiger partial charge < -0.3 is 15.8 Å². The molecule has 1 aromatic heterocycles. The molecule has 1 aliphatic rings. The van der Waals surface area contributed by atoms with Gasteiger partial charge in [-0.2, -0.15) is 0 Å². The number of aromatic nitrogens is 1. The average molecular weight is 487 g/mol. The van der Waals surface area contributed by atoms with Crippen LogP contribution < -0.4 is 16.4 Å². The molecule has 0 aliphatic heterocycles. The Balaban J connectivity index is 1.54. The summed E-state index contributed by atoms with van der Waals surface area (Å²) < 4.78 is 4.65. The van der Waals surface area contributed by atoms with Gasteiger partial charge in [0.1, 0.15) is 0 Å². The van der Waals surface area contributed by atoms with Gasteiger partial charge in [-0.1, -0.05) is 42.5 Å². The Morgan fingerprint density at radius 3 is 2.39 bits per heavy atom. The molecule has 4 N–H and O–H groups in total. The molecule has 0 unspecified atom stereocenters. The molecule has 1 fully saturated rings. The van der Waals surface area contributed by atoms with Crippen LogP contribution in [0.1, 0.15) is 42.9 Å². The highest BCUT2D eigenvalue weighted by Gasteiger charge is 2.27. The average Bonchev–Trinajstić information content (AvgIpc) is 2.93. The Hall–Kier alpha value is -3.71. The van der Waals surface area contributed by atoms with Crippen LogP contribution in [0.25, 0.3) is 11.1 Å². The highest BCUT2D eigenvalue weighted by Crippen LogP contribution is 2.30. The number of nitrogens with two attached hydrogens (primary N) is 1. The molecule has 7 heteroatoms. The van der Waals surface area contributed by atoms with Crippen LogP contribution in [0.5, 0.6) is 0 Å². The second kappa shape index (κ2) is 12.3. The number of nitrogens with zero attached hydrogens (tertiary/aromatic N) is 1. The van der Waals surface area contributed by atoms with Gasteiger partial charge in [0.2, 0.25) is 5.91 Å². The molecule has 2 aromatic carbocycles. The van der Waals surface area contributed by atoms with Crippen LogP contribution >= 0.6 is 0 Å². The number of pyridine rings is 1. The van der Waals surface area contributed by atoms with E-state index in [1.807, 2.05) is 54.9 Å². The summed E-state index contributed by atoms with van der Waals surface area (Å²) in [6, 6.07) is 19.6. The molecular formula is C29H34N4O3. The molecule has 7 nitrogen and oxygen atoms in total. The number of methoxy groups -OCH3 is 1. The van der Waals surface area contributed by atoms with Gasteiger partial charge >= 0.3 is 6.09 Å². The summed E-state index contributed by atoms with van der Waals surface area (Å²) in [5.41, 5.74) is 10.5. The van der Waals surface area contributed by atoms with Gasteiger partial charge in [0.15, 0.2) is 0 Å². The Kier molecular flexibility index (Phi) is 8.68. The Morgan fingerprint density at radius 2 is 1.72 bits per heavy atom. The lowest BCUT2D eigenvalue weighted by Crippen LogP contribution is -2.37. The maximum absolute atomic E-state index is 13.3. The summed E-state index contributed by atoms with van der Waals surface area (Å²) in [5.74, 6) is 0.663. The first kappa shape index (κ1) is 25.4. The molecule has 0 saturated heterocycles. The SMILES string of the molecule is COC(=O)Nc1ccc(-c2cncc([C@H](Cc3ccccc3)NC(=O)C3CCC(CN)CC3)c2)cc1. The Morgan fingerprint density at radius 1 is 1.00 bits per heavy atom. The molecule has 1 atom stereocenters. The molecule has 1 saturated carbocycles. The van der Waals surface area contributed by atoms with Crippen LogP contribution in [-0.4, -0.2) is 30.6 Å². The first-order chi connectivity index (χ1) is 17.6. The molecule has 1 aliphatic carbocycles. The number of benzene rings is 2. The van der Waals surface area contributed by atoms with E-state index in [-0.39, 0.29) is 17.9 Å². The zero-order chi connectivity index (χ0) is 25.3. The van der Waals surface area contributed by atoms with Gasteiger partial charge in [0.25, 0.3) is 0 Å². The number of carbonyl (C=O) groups is 2. The summed E-state index contributed by atoms with van der Waals surface area (Å²) in [5, 5.41) is 5.98. The molecule has 3 aromatic rings. The molecular weight excluding hydrogens is 452 g/mol. The zero-order valence-electron chi connectivity index (χ0n) is 20.7. The fourth-order valence-electron chi connectivity index (χ4n) is 4.77. The lowest BCUT2D eigenvalue weighted by atomic mass is 9.81. The monoisotopic (exact) mass is 486 g/mol. The molecule has 1 heterocycles. The van der Waals surface area contributed by atoms with Crippen LogP contribution in [0, 0.1) is 11.8 Å². The minimum atomic E-state index is -0.512. The second-order valence-corrected chi connectivity index (χ2v) is 9.41. The van der Waals surface area contributed by atoms with Crippen molar-refractivity contribution in [2.75, 3.05) is 19.0 Å².